The fourth-order valence-corrected chi connectivity index (χ4v) is 4.57. The number of carbonyl (C=O) groups is 1. The highest BCUT2D eigenvalue weighted by atomic mass is 32.2. The van der Waals surface area contributed by atoms with Gasteiger partial charge >= 0.3 is 5.76 Å². The van der Waals surface area contributed by atoms with Gasteiger partial charge in [-0.15, -0.1) is 0 Å². The Balaban J connectivity index is 1.97. The second-order valence-electron chi connectivity index (χ2n) is 6.33. The van der Waals surface area contributed by atoms with Gasteiger partial charge in [-0.05, 0) is 24.3 Å². The van der Waals surface area contributed by atoms with Crippen molar-refractivity contribution >= 4 is 26.9 Å². The van der Waals surface area contributed by atoms with Crippen molar-refractivity contribution in [3.05, 3.63) is 58.6 Å². The van der Waals surface area contributed by atoms with Gasteiger partial charge in [-0.3, -0.25) is 9.36 Å². The molecule has 0 radical (unpaired) electrons. The molecule has 0 bridgehead atoms. The van der Waals surface area contributed by atoms with E-state index in [1.54, 1.807) is 38.1 Å². The van der Waals surface area contributed by atoms with Gasteiger partial charge in [0, 0.05) is 24.7 Å². The number of nitrogens with zero attached hydrogens (tertiary/aromatic N) is 2. The van der Waals surface area contributed by atoms with Crippen LogP contribution in [0.25, 0.3) is 11.1 Å². The van der Waals surface area contributed by atoms with Crippen LogP contribution < -0.4 is 10.5 Å². The highest BCUT2D eigenvalue weighted by Gasteiger charge is 2.23. The Morgan fingerprint density at radius 3 is 2.52 bits per heavy atom. The lowest BCUT2D eigenvalue weighted by atomic mass is 10.1. The van der Waals surface area contributed by atoms with Crippen LogP contribution in [-0.4, -0.2) is 43.3 Å². The topological polar surface area (TPSA) is 98.8 Å². The van der Waals surface area contributed by atoms with Crippen molar-refractivity contribution in [1.82, 2.24) is 8.87 Å². The Labute approximate surface area is 168 Å². The van der Waals surface area contributed by atoms with E-state index in [1.165, 1.54) is 34.2 Å². The Hall–Kier alpha value is -2.91. The van der Waals surface area contributed by atoms with Gasteiger partial charge in [0.05, 0.1) is 24.1 Å². The summed E-state index contributed by atoms with van der Waals surface area (Å²) < 4.78 is 38.2. The first-order valence-corrected chi connectivity index (χ1v) is 10.6. The highest BCUT2D eigenvalue weighted by Crippen LogP contribution is 2.22. The maximum absolute atomic E-state index is 12.7. The van der Waals surface area contributed by atoms with Crippen LogP contribution in [0.15, 0.2) is 56.6 Å². The van der Waals surface area contributed by atoms with Crippen LogP contribution in [-0.2, 0) is 16.6 Å². The second-order valence-corrected chi connectivity index (χ2v) is 8.27. The zero-order valence-electron chi connectivity index (χ0n) is 16.4. The first-order valence-electron chi connectivity index (χ1n) is 9.12. The van der Waals surface area contributed by atoms with Crippen LogP contribution in [0.1, 0.15) is 24.2 Å². The predicted octanol–water partition coefficient (Wildman–Crippen LogP) is 2.52. The molecule has 8 nitrogen and oxygen atoms in total. The van der Waals surface area contributed by atoms with Gasteiger partial charge in [0.25, 0.3) is 0 Å². The van der Waals surface area contributed by atoms with Crippen LogP contribution in [0.2, 0.25) is 0 Å². The Morgan fingerprint density at radius 2 is 1.86 bits per heavy atom. The molecule has 0 saturated carbocycles. The lowest BCUT2D eigenvalue weighted by Crippen LogP contribution is -2.30. The molecule has 9 heteroatoms. The summed E-state index contributed by atoms with van der Waals surface area (Å²) in [5.74, 6) is -0.492. The molecule has 3 rings (SSSR count). The van der Waals surface area contributed by atoms with Gasteiger partial charge in [0.15, 0.2) is 11.4 Å². The smallest absolute Gasteiger partial charge is 0.420 e. The van der Waals surface area contributed by atoms with Crippen molar-refractivity contribution < 1.29 is 22.4 Å². The maximum Gasteiger partial charge on any atom is 0.420 e. The highest BCUT2D eigenvalue weighted by molar-refractivity contribution is 7.89. The molecule has 0 aliphatic rings. The number of fused-ring (bicyclic) bond motifs is 1. The summed E-state index contributed by atoms with van der Waals surface area (Å²) in [6, 6.07) is 10.8. The van der Waals surface area contributed by atoms with Gasteiger partial charge in [-0.1, -0.05) is 26.0 Å². The van der Waals surface area contributed by atoms with Gasteiger partial charge in [0.2, 0.25) is 10.0 Å². The van der Waals surface area contributed by atoms with E-state index in [-0.39, 0.29) is 22.8 Å². The van der Waals surface area contributed by atoms with Crippen molar-refractivity contribution in [3.63, 3.8) is 0 Å². The van der Waals surface area contributed by atoms with Crippen molar-refractivity contribution in [2.75, 3.05) is 20.2 Å². The number of hydrogen-bond donors (Lipinski definition) is 0. The van der Waals surface area contributed by atoms with E-state index >= 15 is 0 Å². The third kappa shape index (κ3) is 3.96. The molecule has 0 fully saturated rings. The molecule has 0 spiro atoms. The first-order chi connectivity index (χ1) is 13.8. The van der Waals surface area contributed by atoms with Crippen LogP contribution >= 0.6 is 0 Å². The number of rotatable bonds is 8. The molecule has 0 amide bonds. The minimum Gasteiger partial charge on any atom is -0.497 e. The average Bonchev–Trinajstić information content (AvgIpc) is 3.03. The number of carbonyl (C=O) groups excluding carboxylic acids is 1. The standard InChI is InChI=1S/C20H22N2O6S/c1-4-21(5-2)29(25,26)16-9-10-17-19(12-16)28-20(24)22(17)13-18(23)14-7-6-8-15(11-14)27-3/h6-12H,4-5,13H2,1-3H3. The molecule has 1 aromatic heterocycles. The Morgan fingerprint density at radius 1 is 1.14 bits per heavy atom. The summed E-state index contributed by atoms with van der Waals surface area (Å²) in [5.41, 5.74) is 0.859. The lowest BCUT2D eigenvalue weighted by Gasteiger charge is -2.18. The number of oxazole rings is 1. The molecule has 29 heavy (non-hydrogen) atoms. The number of ketones is 1. The van der Waals surface area contributed by atoms with Gasteiger partial charge in [-0.25, -0.2) is 13.2 Å². The van der Waals surface area contributed by atoms with Crippen molar-refractivity contribution in [1.29, 1.82) is 0 Å². The summed E-state index contributed by atoms with van der Waals surface area (Å²) in [4.78, 5) is 24.9. The molecule has 0 aliphatic heterocycles. The monoisotopic (exact) mass is 418 g/mol. The molecular weight excluding hydrogens is 396 g/mol. The SMILES string of the molecule is CCN(CC)S(=O)(=O)c1ccc2c(c1)oc(=O)n2CC(=O)c1cccc(OC)c1. The normalized spacial score (nSPS) is 11.9. The van der Waals surface area contributed by atoms with Crippen LogP contribution in [0.3, 0.4) is 0 Å². The molecule has 0 unspecified atom stereocenters. The van der Waals surface area contributed by atoms with Crippen LogP contribution in [0.4, 0.5) is 0 Å². The van der Waals surface area contributed by atoms with Crippen molar-refractivity contribution in [2.24, 2.45) is 0 Å². The van der Waals surface area contributed by atoms with Gasteiger partial charge < -0.3 is 9.15 Å². The van der Waals surface area contributed by atoms with Crippen LogP contribution in [0.5, 0.6) is 5.75 Å². The van der Waals surface area contributed by atoms with Crippen LogP contribution in [0, 0.1) is 0 Å². The van der Waals surface area contributed by atoms with Gasteiger partial charge in [-0.2, -0.15) is 4.31 Å². The van der Waals surface area contributed by atoms with E-state index in [1.807, 2.05) is 0 Å². The average molecular weight is 418 g/mol. The Kier molecular flexibility index (Phi) is 5.90. The zero-order chi connectivity index (χ0) is 21.2. The van der Waals surface area contributed by atoms with Crippen molar-refractivity contribution in [3.8, 4) is 5.75 Å². The number of ether oxygens (including phenoxy) is 1. The minimum absolute atomic E-state index is 0.0359. The summed E-state index contributed by atoms with van der Waals surface area (Å²) in [6.07, 6.45) is 0. The fraction of sp³-hybridized carbons (Fsp3) is 0.300. The fourth-order valence-electron chi connectivity index (χ4n) is 3.10. The number of Topliss-reactive ketones (excluding diaryl/α,β-unsaturated/α-hetero) is 1. The first kappa shape index (κ1) is 20.8. The summed E-state index contributed by atoms with van der Waals surface area (Å²) in [6.45, 7) is 3.93. The third-order valence-corrected chi connectivity index (χ3v) is 6.72. The predicted molar refractivity (Wildman–Crippen MR) is 108 cm³/mol. The molecular formula is C20H22N2O6S. The summed E-state index contributed by atoms with van der Waals surface area (Å²) >= 11 is 0. The second kappa shape index (κ2) is 8.22. The number of sulfonamides is 1. The molecule has 2 aromatic carbocycles. The summed E-state index contributed by atoms with van der Waals surface area (Å²) in [7, 11) is -2.19. The number of aromatic nitrogens is 1. The molecule has 0 atom stereocenters. The van der Waals surface area contributed by atoms with E-state index < -0.39 is 15.8 Å². The minimum atomic E-state index is -3.69. The third-order valence-electron chi connectivity index (χ3n) is 4.68. The van der Waals surface area contributed by atoms with E-state index in [4.69, 9.17) is 9.15 Å². The zero-order valence-corrected chi connectivity index (χ0v) is 17.2. The van der Waals surface area contributed by atoms with Gasteiger partial charge in [0.1, 0.15) is 5.75 Å². The number of hydrogen-bond acceptors (Lipinski definition) is 6. The van der Waals surface area contributed by atoms with E-state index in [0.29, 0.717) is 29.9 Å². The molecule has 0 saturated heterocycles. The quantitative estimate of drug-likeness (QED) is 0.521. The molecule has 0 N–H and O–H groups in total. The molecule has 154 valence electrons. The molecule has 0 aliphatic carbocycles. The summed E-state index contributed by atoms with van der Waals surface area (Å²) in [5, 5.41) is 0. The van der Waals surface area contributed by atoms with E-state index in [2.05, 4.69) is 0 Å². The Bertz CT molecular complexity index is 1210. The largest absolute Gasteiger partial charge is 0.497 e. The van der Waals surface area contributed by atoms with Crippen molar-refractivity contribution in [2.45, 2.75) is 25.3 Å². The lowest BCUT2D eigenvalue weighted by molar-refractivity contribution is 0.0970. The maximum atomic E-state index is 12.7. The molecule has 1 heterocycles. The van der Waals surface area contributed by atoms with E-state index in [9.17, 15) is 18.0 Å². The number of benzene rings is 2. The van der Waals surface area contributed by atoms with E-state index in [0.717, 1.165) is 0 Å². The molecule has 3 aromatic rings. The number of methoxy groups -OCH3 is 1.